The molecule has 1 aliphatic rings. The molecule has 1 heterocycles. The number of halogens is 2. The maximum Gasteiger partial charge on any atom is 0.310 e. The van der Waals surface area contributed by atoms with Gasteiger partial charge in [-0.05, 0) is 18.6 Å². The number of anilines is 1. The third kappa shape index (κ3) is 2.96. The summed E-state index contributed by atoms with van der Waals surface area (Å²) in [5, 5.41) is 0.0804. The van der Waals surface area contributed by atoms with Crippen molar-refractivity contribution in [2.24, 2.45) is 5.92 Å². The summed E-state index contributed by atoms with van der Waals surface area (Å²) >= 11 is 11.8. The summed E-state index contributed by atoms with van der Waals surface area (Å²) in [6.45, 7) is 0.287. The van der Waals surface area contributed by atoms with Crippen LogP contribution in [0.15, 0.2) is 17.0 Å². The van der Waals surface area contributed by atoms with Crippen molar-refractivity contribution in [3.05, 3.63) is 22.2 Å². The maximum atomic E-state index is 12.6. The molecular weight excluding hydrogens is 339 g/mol. The van der Waals surface area contributed by atoms with Crippen LogP contribution in [0.3, 0.4) is 0 Å². The first kappa shape index (κ1) is 16.4. The van der Waals surface area contributed by atoms with Crippen LogP contribution in [0.25, 0.3) is 0 Å². The highest BCUT2D eigenvalue weighted by atomic mass is 35.5. The molecule has 1 aromatic rings. The van der Waals surface area contributed by atoms with Crippen LogP contribution in [-0.2, 0) is 19.6 Å². The number of esters is 1. The van der Waals surface area contributed by atoms with Crippen LogP contribution >= 0.6 is 23.2 Å². The molecule has 21 heavy (non-hydrogen) atoms. The first-order valence-electron chi connectivity index (χ1n) is 6.10. The second-order valence-corrected chi connectivity index (χ2v) is 7.34. The van der Waals surface area contributed by atoms with Crippen LogP contribution in [-0.4, -0.2) is 38.9 Å². The number of nitrogens with two attached hydrogens (primary N) is 1. The van der Waals surface area contributed by atoms with Gasteiger partial charge in [0.25, 0.3) is 0 Å². The van der Waals surface area contributed by atoms with Gasteiger partial charge in [0.05, 0.1) is 28.8 Å². The topological polar surface area (TPSA) is 89.7 Å². The molecular formula is C12H14Cl2N2O4S. The van der Waals surface area contributed by atoms with E-state index >= 15 is 0 Å². The lowest BCUT2D eigenvalue weighted by Crippen LogP contribution is -2.30. The quantitative estimate of drug-likeness (QED) is 0.661. The van der Waals surface area contributed by atoms with E-state index in [0.717, 1.165) is 0 Å². The fourth-order valence-corrected chi connectivity index (χ4v) is 4.43. The number of carbonyl (C=O) groups excluding carboxylic acids is 1. The zero-order valence-electron chi connectivity index (χ0n) is 11.2. The van der Waals surface area contributed by atoms with Crippen molar-refractivity contribution in [3.63, 3.8) is 0 Å². The zero-order valence-corrected chi connectivity index (χ0v) is 13.5. The Morgan fingerprint density at radius 3 is 2.71 bits per heavy atom. The average Bonchev–Trinajstić information content (AvgIpc) is 2.94. The van der Waals surface area contributed by atoms with E-state index in [1.54, 1.807) is 0 Å². The Morgan fingerprint density at radius 2 is 2.10 bits per heavy atom. The van der Waals surface area contributed by atoms with Gasteiger partial charge in [-0.1, -0.05) is 23.2 Å². The van der Waals surface area contributed by atoms with Gasteiger partial charge in [0.2, 0.25) is 10.0 Å². The standard InChI is InChI=1S/C12H14Cl2N2O4S/c1-20-12(17)7-4-5-16(6-7)21(18,19)9-3-2-8(13)11(15)10(9)14/h2-3,7H,4-6,15H2,1H3. The molecule has 1 aromatic carbocycles. The zero-order chi connectivity index (χ0) is 15.8. The van der Waals surface area contributed by atoms with Crippen molar-refractivity contribution in [2.75, 3.05) is 25.9 Å². The number of rotatable bonds is 3. The minimum atomic E-state index is -3.83. The number of hydrogen-bond donors (Lipinski definition) is 1. The van der Waals surface area contributed by atoms with E-state index in [1.165, 1.54) is 23.5 Å². The molecule has 0 amide bonds. The first-order valence-corrected chi connectivity index (χ1v) is 8.30. The number of ether oxygens (including phenoxy) is 1. The van der Waals surface area contributed by atoms with Gasteiger partial charge in [-0.15, -0.1) is 0 Å². The number of benzene rings is 1. The number of carbonyl (C=O) groups is 1. The van der Waals surface area contributed by atoms with Crippen molar-refractivity contribution in [3.8, 4) is 0 Å². The van der Waals surface area contributed by atoms with Crippen LogP contribution in [0.1, 0.15) is 6.42 Å². The number of sulfonamides is 1. The molecule has 1 fully saturated rings. The Kier molecular flexibility index (Phi) is 4.67. The Bertz CT molecular complexity index is 678. The van der Waals surface area contributed by atoms with Gasteiger partial charge in [-0.2, -0.15) is 4.31 Å². The minimum Gasteiger partial charge on any atom is -0.469 e. The second-order valence-electron chi connectivity index (χ2n) is 4.64. The summed E-state index contributed by atoms with van der Waals surface area (Å²) in [6.07, 6.45) is 0.409. The number of methoxy groups -OCH3 is 1. The summed E-state index contributed by atoms with van der Waals surface area (Å²) in [5.74, 6) is -0.886. The highest BCUT2D eigenvalue weighted by Gasteiger charge is 2.37. The van der Waals surface area contributed by atoms with Gasteiger partial charge in [0.15, 0.2) is 0 Å². The molecule has 0 radical (unpaired) electrons. The summed E-state index contributed by atoms with van der Waals surface area (Å²) in [5.41, 5.74) is 5.67. The van der Waals surface area contributed by atoms with Crippen molar-refractivity contribution < 1.29 is 17.9 Å². The predicted molar refractivity (Wildman–Crippen MR) is 79.8 cm³/mol. The number of nitrogens with zero attached hydrogens (tertiary/aromatic N) is 1. The summed E-state index contributed by atoms with van der Waals surface area (Å²) in [6, 6.07) is 2.69. The van der Waals surface area contributed by atoms with Gasteiger partial charge >= 0.3 is 5.97 Å². The van der Waals surface area contributed by atoms with Crippen molar-refractivity contribution >= 4 is 44.9 Å². The summed E-state index contributed by atoms with van der Waals surface area (Å²) in [4.78, 5) is 11.4. The lowest BCUT2D eigenvalue weighted by molar-refractivity contribution is -0.144. The fourth-order valence-electron chi connectivity index (χ4n) is 2.19. The third-order valence-electron chi connectivity index (χ3n) is 3.39. The lowest BCUT2D eigenvalue weighted by Gasteiger charge is -2.18. The molecule has 6 nitrogen and oxygen atoms in total. The van der Waals surface area contributed by atoms with Crippen LogP contribution in [0.5, 0.6) is 0 Å². The average molecular weight is 353 g/mol. The minimum absolute atomic E-state index is 0.0168. The fraction of sp³-hybridized carbons (Fsp3) is 0.417. The van der Waals surface area contributed by atoms with E-state index in [2.05, 4.69) is 4.74 Å². The van der Waals surface area contributed by atoms with Crippen LogP contribution < -0.4 is 5.73 Å². The Morgan fingerprint density at radius 1 is 1.43 bits per heavy atom. The maximum absolute atomic E-state index is 12.6. The largest absolute Gasteiger partial charge is 0.469 e. The van der Waals surface area contributed by atoms with Crippen molar-refractivity contribution in [2.45, 2.75) is 11.3 Å². The molecule has 0 saturated carbocycles. The van der Waals surface area contributed by atoms with Crippen LogP contribution in [0.2, 0.25) is 10.0 Å². The Balaban J connectivity index is 2.32. The highest BCUT2D eigenvalue weighted by Crippen LogP contribution is 2.35. The van der Waals surface area contributed by atoms with E-state index in [0.29, 0.717) is 6.42 Å². The smallest absolute Gasteiger partial charge is 0.310 e. The van der Waals surface area contributed by atoms with Gasteiger partial charge in [0, 0.05) is 13.1 Å². The van der Waals surface area contributed by atoms with E-state index in [9.17, 15) is 13.2 Å². The van der Waals surface area contributed by atoms with Gasteiger partial charge in [-0.25, -0.2) is 8.42 Å². The monoisotopic (exact) mass is 352 g/mol. The molecule has 9 heteroatoms. The van der Waals surface area contributed by atoms with Gasteiger partial charge in [-0.3, -0.25) is 4.79 Å². The molecule has 2 rings (SSSR count). The molecule has 1 atom stereocenters. The Labute approximate surface area is 132 Å². The lowest BCUT2D eigenvalue weighted by atomic mass is 10.1. The Hall–Kier alpha value is -1.02. The predicted octanol–water partition coefficient (Wildman–Crippen LogP) is 1.76. The number of hydrogen-bond acceptors (Lipinski definition) is 5. The van der Waals surface area contributed by atoms with E-state index in [1.807, 2.05) is 0 Å². The van der Waals surface area contributed by atoms with Gasteiger partial charge < -0.3 is 10.5 Å². The molecule has 0 spiro atoms. The molecule has 116 valence electrons. The normalized spacial score (nSPS) is 19.7. The third-order valence-corrected chi connectivity index (χ3v) is 6.15. The molecule has 0 aliphatic carbocycles. The van der Waals surface area contributed by atoms with Gasteiger partial charge in [0.1, 0.15) is 4.90 Å². The summed E-state index contributed by atoms with van der Waals surface area (Å²) in [7, 11) is -2.55. The highest BCUT2D eigenvalue weighted by molar-refractivity contribution is 7.89. The number of nitrogen functional groups attached to an aromatic ring is 1. The SMILES string of the molecule is COC(=O)C1CCN(S(=O)(=O)c2ccc(Cl)c(N)c2Cl)C1. The van der Waals surface area contributed by atoms with E-state index in [4.69, 9.17) is 28.9 Å². The molecule has 1 aliphatic heterocycles. The van der Waals surface area contributed by atoms with Crippen molar-refractivity contribution in [1.82, 2.24) is 4.31 Å². The van der Waals surface area contributed by atoms with E-state index in [-0.39, 0.29) is 33.7 Å². The molecule has 1 saturated heterocycles. The first-order chi connectivity index (χ1) is 9.78. The van der Waals surface area contributed by atoms with Crippen molar-refractivity contribution in [1.29, 1.82) is 0 Å². The van der Waals surface area contributed by atoms with E-state index < -0.39 is 21.9 Å². The molecule has 0 bridgehead atoms. The molecule has 2 N–H and O–H groups in total. The summed E-state index contributed by atoms with van der Waals surface area (Å²) < 4.78 is 31.0. The molecule has 1 unspecified atom stereocenters. The second kappa shape index (κ2) is 6.00. The van der Waals surface area contributed by atoms with Crippen LogP contribution in [0.4, 0.5) is 5.69 Å². The van der Waals surface area contributed by atoms with Crippen LogP contribution in [0, 0.1) is 5.92 Å². The molecule has 0 aromatic heterocycles.